The number of piperidine rings is 1. The molecule has 1 saturated heterocycles. The van der Waals surface area contributed by atoms with Gasteiger partial charge < -0.3 is 15.0 Å². The molecule has 0 aromatic carbocycles. The smallest absolute Gasteiger partial charge is 0.408 e. The van der Waals surface area contributed by atoms with E-state index in [0.29, 0.717) is 11.8 Å². The minimum absolute atomic E-state index is 0.0331. The van der Waals surface area contributed by atoms with Gasteiger partial charge in [-0.3, -0.25) is 4.79 Å². The van der Waals surface area contributed by atoms with Gasteiger partial charge in [-0.05, 0) is 46.0 Å². The molecule has 1 aliphatic heterocycles. The monoisotopic (exact) mass is 284 g/mol. The maximum atomic E-state index is 12.3. The molecule has 0 radical (unpaired) electrons. The number of ether oxygens (including phenoxy) is 1. The van der Waals surface area contributed by atoms with Crippen molar-refractivity contribution >= 4 is 12.0 Å². The molecule has 2 amide bonds. The van der Waals surface area contributed by atoms with E-state index >= 15 is 0 Å². The molecule has 1 fully saturated rings. The molecule has 1 aliphatic rings. The number of alkyl carbamates (subject to hydrolysis) is 1. The number of nitrogens with one attached hydrogen (secondary N) is 1. The molecule has 1 rings (SSSR count). The second-order valence-corrected chi connectivity index (χ2v) is 7.06. The Kier molecular flexibility index (Phi) is 5.42. The summed E-state index contributed by atoms with van der Waals surface area (Å²) in [6, 6.07) is -0.553. The fraction of sp³-hybridized carbons (Fsp3) is 0.867. The van der Waals surface area contributed by atoms with E-state index in [4.69, 9.17) is 4.74 Å². The minimum Gasteiger partial charge on any atom is -0.444 e. The topological polar surface area (TPSA) is 58.6 Å². The third kappa shape index (κ3) is 5.39. The lowest BCUT2D eigenvalue weighted by atomic mass is 9.91. The van der Waals surface area contributed by atoms with Gasteiger partial charge in [0.2, 0.25) is 5.91 Å². The van der Waals surface area contributed by atoms with Crippen molar-refractivity contribution in [1.82, 2.24) is 10.2 Å². The zero-order valence-electron chi connectivity index (χ0n) is 13.5. The lowest BCUT2D eigenvalue weighted by molar-refractivity contribution is -0.135. The van der Waals surface area contributed by atoms with Gasteiger partial charge in [0.15, 0.2) is 0 Å². The van der Waals surface area contributed by atoms with Crippen molar-refractivity contribution in [1.29, 1.82) is 0 Å². The Balaban J connectivity index is 2.52. The molecule has 1 N–H and O–H groups in total. The molecule has 116 valence electrons. The maximum Gasteiger partial charge on any atom is 0.408 e. The zero-order valence-corrected chi connectivity index (χ0v) is 13.5. The van der Waals surface area contributed by atoms with Crippen LogP contribution in [0.3, 0.4) is 0 Å². The Morgan fingerprint density at radius 2 is 1.70 bits per heavy atom. The fourth-order valence-electron chi connectivity index (χ4n) is 2.66. The van der Waals surface area contributed by atoms with Crippen LogP contribution in [0, 0.1) is 11.8 Å². The van der Waals surface area contributed by atoms with Crippen LogP contribution in [0.15, 0.2) is 0 Å². The molecule has 20 heavy (non-hydrogen) atoms. The summed E-state index contributed by atoms with van der Waals surface area (Å²) in [5.74, 6) is 0.988. The van der Waals surface area contributed by atoms with Gasteiger partial charge in [-0.2, -0.15) is 0 Å². The predicted octanol–water partition coefficient (Wildman–Crippen LogP) is 2.40. The predicted molar refractivity (Wildman–Crippen MR) is 78.4 cm³/mol. The summed E-state index contributed by atoms with van der Waals surface area (Å²) in [4.78, 5) is 25.9. The normalized spacial score (nSPS) is 25.0. The van der Waals surface area contributed by atoms with E-state index in [0.717, 1.165) is 19.5 Å². The van der Waals surface area contributed by atoms with Gasteiger partial charge in [0.05, 0.1) is 0 Å². The van der Waals surface area contributed by atoms with Crippen LogP contribution in [0.5, 0.6) is 0 Å². The zero-order chi connectivity index (χ0) is 15.5. The summed E-state index contributed by atoms with van der Waals surface area (Å²) in [7, 11) is 0. The number of hydrogen-bond acceptors (Lipinski definition) is 3. The lowest BCUT2D eigenvalue weighted by Crippen LogP contribution is -2.51. The van der Waals surface area contributed by atoms with Crippen LogP contribution in [0.2, 0.25) is 0 Å². The average Bonchev–Trinajstić information content (AvgIpc) is 2.23. The molecule has 5 heteroatoms. The molecule has 0 saturated carbocycles. The van der Waals surface area contributed by atoms with Gasteiger partial charge in [-0.25, -0.2) is 4.79 Å². The van der Waals surface area contributed by atoms with Crippen LogP contribution in [0.25, 0.3) is 0 Å². The summed E-state index contributed by atoms with van der Waals surface area (Å²) in [5, 5.41) is 2.61. The van der Waals surface area contributed by atoms with E-state index in [1.165, 1.54) is 0 Å². The number of nitrogens with zero attached hydrogens (tertiary/aromatic N) is 1. The third-order valence-corrected chi connectivity index (χ3v) is 3.28. The Morgan fingerprint density at radius 1 is 1.20 bits per heavy atom. The highest BCUT2D eigenvalue weighted by Gasteiger charge is 2.29. The van der Waals surface area contributed by atoms with Gasteiger partial charge in [-0.15, -0.1) is 0 Å². The standard InChI is InChI=1S/C15H28N2O3/c1-10-7-11(2)9-17(8-10)13(18)12(3)16-14(19)20-15(4,5)6/h10-12H,7-9H2,1-6H3,(H,16,19). The number of carbonyl (C=O) groups is 2. The average molecular weight is 284 g/mol. The highest BCUT2D eigenvalue weighted by atomic mass is 16.6. The molecule has 0 aromatic heterocycles. The number of likely N-dealkylation sites (tertiary alicyclic amines) is 1. The largest absolute Gasteiger partial charge is 0.444 e. The van der Waals surface area contributed by atoms with Crippen molar-refractivity contribution in [2.24, 2.45) is 11.8 Å². The van der Waals surface area contributed by atoms with Crippen LogP contribution in [0.4, 0.5) is 4.79 Å². The van der Waals surface area contributed by atoms with Crippen LogP contribution in [-0.2, 0) is 9.53 Å². The van der Waals surface area contributed by atoms with Gasteiger partial charge in [0.1, 0.15) is 11.6 Å². The van der Waals surface area contributed by atoms with Crippen LogP contribution in [-0.4, -0.2) is 41.6 Å². The van der Waals surface area contributed by atoms with E-state index < -0.39 is 17.7 Å². The molecular formula is C15H28N2O3. The summed E-state index contributed by atoms with van der Waals surface area (Å²) < 4.78 is 5.17. The van der Waals surface area contributed by atoms with Gasteiger partial charge in [-0.1, -0.05) is 13.8 Å². The fourth-order valence-corrected chi connectivity index (χ4v) is 2.66. The van der Waals surface area contributed by atoms with E-state index in [1.54, 1.807) is 27.7 Å². The summed E-state index contributed by atoms with van der Waals surface area (Å²) in [6.45, 7) is 12.9. The first-order valence-electron chi connectivity index (χ1n) is 7.36. The number of carbonyl (C=O) groups excluding carboxylic acids is 2. The Morgan fingerprint density at radius 3 is 2.15 bits per heavy atom. The minimum atomic E-state index is -0.555. The Hall–Kier alpha value is -1.26. The summed E-state index contributed by atoms with van der Waals surface area (Å²) in [5.41, 5.74) is -0.555. The summed E-state index contributed by atoms with van der Waals surface area (Å²) in [6.07, 6.45) is 0.606. The molecule has 3 unspecified atom stereocenters. The summed E-state index contributed by atoms with van der Waals surface area (Å²) >= 11 is 0. The molecule has 1 heterocycles. The first kappa shape index (κ1) is 16.8. The highest BCUT2D eigenvalue weighted by molar-refractivity contribution is 5.85. The molecular weight excluding hydrogens is 256 g/mol. The van der Waals surface area contributed by atoms with E-state index in [-0.39, 0.29) is 5.91 Å². The van der Waals surface area contributed by atoms with E-state index in [9.17, 15) is 9.59 Å². The van der Waals surface area contributed by atoms with Crippen molar-refractivity contribution < 1.29 is 14.3 Å². The van der Waals surface area contributed by atoms with Gasteiger partial charge in [0.25, 0.3) is 0 Å². The quantitative estimate of drug-likeness (QED) is 0.847. The Labute approximate surface area is 122 Å². The number of amides is 2. The molecule has 0 bridgehead atoms. The number of rotatable bonds is 2. The second kappa shape index (κ2) is 6.46. The Bertz CT molecular complexity index is 353. The highest BCUT2D eigenvalue weighted by Crippen LogP contribution is 2.21. The van der Waals surface area contributed by atoms with Crippen molar-refractivity contribution in [2.75, 3.05) is 13.1 Å². The molecule has 0 aliphatic carbocycles. The first-order chi connectivity index (χ1) is 9.08. The van der Waals surface area contributed by atoms with Gasteiger partial charge in [0, 0.05) is 13.1 Å². The SMILES string of the molecule is CC1CC(C)CN(C(=O)C(C)NC(=O)OC(C)(C)C)C1. The number of hydrogen-bond donors (Lipinski definition) is 1. The first-order valence-corrected chi connectivity index (χ1v) is 7.36. The molecule has 0 aromatic rings. The van der Waals surface area contributed by atoms with Crippen LogP contribution in [0.1, 0.15) is 48.0 Å². The van der Waals surface area contributed by atoms with Crippen LogP contribution >= 0.6 is 0 Å². The molecule has 0 spiro atoms. The van der Waals surface area contributed by atoms with Crippen molar-refractivity contribution in [3.05, 3.63) is 0 Å². The van der Waals surface area contributed by atoms with Crippen molar-refractivity contribution in [3.8, 4) is 0 Å². The van der Waals surface area contributed by atoms with E-state index in [2.05, 4.69) is 19.2 Å². The van der Waals surface area contributed by atoms with Crippen molar-refractivity contribution in [2.45, 2.75) is 59.6 Å². The third-order valence-electron chi connectivity index (χ3n) is 3.28. The van der Waals surface area contributed by atoms with Crippen LogP contribution < -0.4 is 5.32 Å². The molecule has 5 nitrogen and oxygen atoms in total. The molecule has 3 atom stereocenters. The van der Waals surface area contributed by atoms with Crippen molar-refractivity contribution in [3.63, 3.8) is 0 Å². The maximum absolute atomic E-state index is 12.3. The lowest BCUT2D eigenvalue weighted by Gasteiger charge is -2.36. The van der Waals surface area contributed by atoms with E-state index in [1.807, 2.05) is 4.90 Å². The second-order valence-electron chi connectivity index (χ2n) is 7.06. The van der Waals surface area contributed by atoms with Gasteiger partial charge >= 0.3 is 6.09 Å².